The molecule has 1 amide bonds. The number of carbonyl (C=O) groups excluding carboxylic acids is 1. The molecule has 5 nitrogen and oxygen atoms in total. The van der Waals surface area contributed by atoms with E-state index in [0.717, 1.165) is 19.4 Å². The highest BCUT2D eigenvalue weighted by molar-refractivity contribution is 6.30. The van der Waals surface area contributed by atoms with Gasteiger partial charge in [0.1, 0.15) is 6.61 Å². The SMILES string of the molecule is O=C(CC1CCCN1)NCCOc1ccc(Cl)cn1. The molecule has 0 aliphatic carbocycles. The first-order valence-corrected chi connectivity index (χ1v) is 6.86. The number of hydrogen-bond donors (Lipinski definition) is 2. The van der Waals surface area contributed by atoms with Crippen LogP contribution in [0.1, 0.15) is 19.3 Å². The molecule has 1 aliphatic rings. The van der Waals surface area contributed by atoms with E-state index < -0.39 is 0 Å². The molecule has 1 aromatic rings. The first kappa shape index (κ1) is 14.1. The van der Waals surface area contributed by atoms with Crippen molar-refractivity contribution in [3.63, 3.8) is 0 Å². The summed E-state index contributed by atoms with van der Waals surface area (Å²) in [5.74, 6) is 0.572. The Kier molecular flexibility index (Phi) is 5.42. The number of amides is 1. The Labute approximate surface area is 117 Å². The maximum atomic E-state index is 11.6. The minimum Gasteiger partial charge on any atom is -0.476 e. The fraction of sp³-hybridized carbons (Fsp3) is 0.538. The molecular weight excluding hydrogens is 266 g/mol. The first-order valence-electron chi connectivity index (χ1n) is 6.48. The molecule has 6 heteroatoms. The Balaban J connectivity index is 1.58. The predicted molar refractivity (Wildman–Crippen MR) is 73.4 cm³/mol. The number of rotatable bonds is 6. The zero-order valence-electron chi connectivity index (χ0n) is 10.7. The van der Waals surface area contributed by atoms with Gasteiger partial charge in [0.2, 0.25) is 11.8 Å². The van der Waals surface area contributed by atoms with Crippen LogP contribution >= 0.6 is 11.6 Å². The number of pyridine rings is 1. The third-order valence-electron chi connectivity index (χ3n) is 2.97. The Morgan fingerprint density at radius 1 is 1.58 bits per heavy atom. The number of halogens is 1. The van der Waals surface area contributed by atoms with Crippen LogP contribution in [0.25, 0.3) is 0 Å². The van der Waals surface area contributed by atoms with Crippen LogP contribution in [0.2, 0.25) is 5.02 Å². The van der Waals surface area contributed by atoms with Crippen molar-refractivity contribution in [2.75, 3.05) is 19.7 Å². The summed E-state index contributed by atoms with van der Waals surface area (Å²) >= 11 is 5.71. The van der Waals surface area contributed by atoms with Gasteiger partial charge in [0, 0.05) is 24.7 Å². The topological polar surface area (TPSA) is 63.2 Å². The summed E-state index contributed by atoms with van der Waals surface area (Å²) in [6.45, 7) is 1.90. The molecule has 0 radical (unpaired) electrons. The number of aromatic nitrogens is 1. The average molecular weight is 284 g/mol. The lowest BCUT2D eigenvalue weighted by molar-refractivity contribution is -0.121. The molecule has 0 saturated carbocycles. The summed E-state index contributed by atoms with van der Waals surface area (Å²) in [5.41, 5.74) is 0. The zero-order valence-corrected chi connectivity index (χ0v) is 11.4. The average Bonchev–Trinajstić information content (AvgIpc) is 2.89. The molecule has 2 rings (SSSR count). The van der Waals surface area contributed by atoms with Crippen LogP contribution in [0.4, 0.5) is 0 Å². The van der Waals surface area contributed by atoms with Crippen LogP contribution in [0.15, 0.2) is 18.3 Å². The monoisotopic (exact) mass is 283 g/mol. The van der Waals surface area contributed by atoms with Gasteiger partial charge < -0.3 is 15.4 Å². The Hall–Kier alpha value is -1.33. The molecule has 104 valence electrons. The highest BCUT2D eigenvalue weighted by atomic mass is 35.5. The van der Waals surface area contributed by atoms with Gasteiger partial charge in [-0.1, -0.05) is 11.6 Å². The standard InChI is InChI=1S/C13H18ClN3O2/c14-10-3-4-13(17-9-10)19-7-6-16-12(18)8-11-2-1-5-15-11/h3-4,9,11,15H,1-2,5-8H2,(H,16,18). The van der Waals surface area contributed by atoms with Crippen molar-refractivity contribution in [3.05, 3.63) is 23.4 Å². The minimum absolute atomic E-state index is 0.0621. The van der Waals surface area contributed by atoms with Crippen LogP contribution in [0.5, 0.6) is 5.88 Å². The van der Waals surface area contributed by atoms with E-state index in [-0.39, 0.29) is 5.91 Å². The summed E-state index contributed by atoms with van der Waals surface area (Å²) in [4.78, 5) is 15.6. The predicted octanol–water partition coefficient (Wildman–Crippen LogP) is 1.37. The number of nitrogens with zero attached hydrogens (tertiary/aromatic N) is 1. The molecule has 19 heavy (non-hydrogen) atoms. The number of carbonyl (C=O) groups is 1. The lowest BCUT2D eigenvalue weighted by Gasteiger charge is -2.10. The number of nitrogens with one attached hydrogen (secondary N) is 2. The second-order valence-corrected chi connectivity index (χ2v) is 4.95. The van der Waals surface area contributed by atoms with Gasteiger partial charge in [0.15, 0.2) is 0 Å². The van der Waals surface area contributed by atoms with E-state index in [0.29, 0.717) is 36.5 Å². The van der Waals surface area contributed by atoms with Gasteiger partial charge in [-0.15, -0.1) is 0 Å². The molecule has 0 spiro atoms. The van der Waals surface area contributed by atoms with Crippen molar-refractivity contribution in [2.45, 2.75) is 25.3 Å². The van der Waals surface area contributed by atoms with Crippen molar-refractivity contribution in [2.24, 2.45) is 0 Å². The van der Waals surface area contributed by atoms with Crippen molar-refractivity contribution in [1.29, 1.82) is 0 Å². The highest BCUT2D eigenvalue weighted by Gasteiger charge is 2.17. The number of ether oxygens (including phenoxy) is 1. The summed E-state index contributed by atoms with van der Waals surface area (Å²) in [6.07, 6.45) is 4.31. The molecule has 1 fully saturated rings. The summed E-state index contributed by atoms with van der Waals surface area (Å²) in [6, 6.07) is 3.75. The van der Waals surface area contributed by atoms with E-state index in [2.05, 4.69) is 15.6 Å². The third kappa shape index (κ3) is 5.04. The van der Waals surface area contributed by atoms with Gasteiger partial charge >= 0.3 is 0 Å². The normalized spacial score (nSPS) is 18.3. The van der Waals surface area contributed by atoms with E-state index >= 15 is 0 Å². The van der Waals surface area contributed by atoms with Gasteiger partial charge in [-0.05, 0) is 25.5 Å². The van der Waals surface area contributed by atoms with Gasteiger partial charge in [0.25, 0.3) is 0 Å². The maximum Gasteiger partial charge on any atom is 0.221 e. The second-order valence-electron chi connectivity index (χ2n) is 4.51. The molecule has 0 bridgehead atoms. The Morgan fingerprint density at radius 2 is 2.47 bits per heavy atom. The van der Waals surface area contributed by atoms with Crippen LogP contribution in [-0.2, 0) is 4.79 Å². The molecule has 2 heterocycles. The lowest BCUT2D eigenvalue weighted by Crippen LogP contribution is -2.33. The van der Waals surface area contributed by atoms with Crippen LogP contribution in [-0.4, -0.2) is 36.6 Å². The highest BCUT2D eigenvalue weighted by Crippen LogP contribution is 2.11. The van der Waals surface area contributed by atoms with Crippen LogP contribution in [0.3, 0.4) is 0 Å². The fourth-order valence-corrected chi connectivity index (χ4v) is 2.13. The van der Waals surface area contributed by atoms with Crippen molar-refractivity contribution >= 4 is 17.5 Å². The van der Waals surface area contributed by atoms with E-state index in [4.69, 9.17) is 16.3 Å². The van der Waals surface area contributed by atoms with E-state index in [1.54, 1.807) is 12.1 Å². The van der Waals surface area contributed by atoms with Gasteiger partial charge in [0.05, 0.1) is 11.6 Å². The molecule has 1 atom stereocenters. The first-order chi connectivity index (χ1) is 9.24. The Morgan fingerprint density at radius 3 is 3.16 bits per heavy atom. The molecule has 1 unspecified atom stereocenters. The minimum atomic E-state index is 0.0621. The molecular formula is C13H18ClN3O2. The van der Waals surface area contributed by atoms with E-state index in [9.17, 15) is 4.79 Å². The van der Waals surface area contributed by atoms with Crippen molar-refractivity contribution in [1.82, 2.24) is 15.6 Å². The molecule has 1 aromatic heterocycles. The molecule has 2 N–H and O–H groups in total. The summed E-state index contributed by atoms with van der Waals surface area (Å²) < 4.78 is 5.38. The third-order valence-corrected chi connectivity index (χ3v) is 3.19. The van der Waals surface area contributed by atoms with E-state index in [1.165, 1.54) is 6.20 Å². The zero-order chi connectivity index (χ0) is 13.5. The number of hydrogen-bond acceptors (Lipinski definition) is 4. The smallest absolute Gasteiger partial charge is 0.221 e. The van der Waals surface area contributed by atoms with Gasteiger partial charge in [-0.3, -0.25) is 4.79 Å². The summed E-state index contributed by atoms with van der Waals surface area (Å²) in [7, 11) is 0. The van der Waals surface area contributed by atoms with Crippen LogP contribution in [0, 0.1) is 0 Å². The quantitative estimate of drug-likeness (QED) is 0.774. The molecule has 0 aromatic carbocycles. The van der Waals surface area contributed by atoms with Crippen molar-refractivity contribution < 1.29 is 9.53 Å². The lowest BCUT2D eigenvalue weighted by atomic mass is 10.1. The fourth-order valence-electron chi connectivity index (χ4n) is 2.02. The van der Waals surface area contributed by atoms with Crippen LogP contribution < -0.4 is 15.4 Å². The molecule has 1 aliphatic heterocycles. The van der Waals surface area contributed by atoms with Crippen molar-refractivity contribution in [3.8, 4) is 5.88 Å². The summed E-state index contributed by atoms with van der Waals surface area (Å²) in [5, 5.41) is 6.70. The Bertz CT molecular complexity index is 405. The second kappa shape index (κ2) is 7.31. The largest absolute Gasteiger partial charge is 0.476 e. The molecule has 1 saturated heterocycles. The van der Waals surface area contributed by atoms with Gasteiger partial charge in [-0.2, -0.15) is 0 Å². The maximum absolute atomic E-state index is 11.6. The van der Waals surface area contributed by atoms with Gasteiger partial charge in [-0.25, -0.2) is 4.98 Å². The van der Waals surface area contributed by atoms with E-state index in [1.807, 2.05) is 0 Å².